The van der Waals surface area contributed by atoms with Crippen LogP contribution in [-0.2, 0) is 26.8 Å². The molecule has 3 atom stereocenters. The molecular weight excluding hydrogens is 570 g/mol. The number of hydrogen-bond donors (Lipinski definition) is 2. The summed E-state index contributed by atoms with van der Waals surface area (Å²) in [7, 11) is -2.37. The number of carboxylic acids is 1. The summed E-state index contributed by atoms with van der Waals surface area (Å²) in [5.41, 5.74) is 1.91. The summed E-state index contributed by atoms with van der Waals surface area (Å²) in [6.45, 7) is 13.1. The Morgan fingerprint density at radius 1 is 0.841 bits per heavy atom. The van der Waals surface area contributed by atoms with Crippen LogP contribution in [0.5, 0.6) is 11.5 Å². The molecule has 2 N–H and O–H groups in total. The fraction of sp³-hybridized carbons (Fsp3) is 0.444. The lowest BCUT2D eigenvalue weighted by atomic mass is 9.89. The molecule has 0 saturated carbocycles. The quantitative estimate of drug-likeness (QED) is 0.123. The number of rotatable bonds is 16. The topological polar surface area (TPSA) is 94.1 Å². The maximum atomic E-state index is 13.0. The van der Waals surface area contributed by atoms with E-state index in [0.717, 1.165) is 29.7 Å². The van der Waals surface area contributed by atoms with Gasteiger partial charge in [0, 0.05) is 0 Å². The standard InChI is InChI=1S/C36H49NO6Si/c1-7-8-23-41-35(40)37-32(25-27-15-11-9-12-16-27)33(43-44(5,6)36(2,3)4)26-29(34(38)39)24-28-19-21-31(22-20-28)42-30-17-13-10-14-18-30/h9-22,29,32-33H,7-8,23-26H2,1-6H3,(H,37,40)(H,38,39). The van der Waals surface area contributed by atoms with Crippen molar-refractivity contribution >= 4 is 20.4 Å². The van der Waals surface area contributed by atoms with Gasteiger partial charge in [-0.1, -0.05) is 94.8 Å². The van der Waals surface area contributed by atoms with Gasteiger partial charge in [0.1, 0.15) is 11.5 Å². The fourth-order valence-corrected chi connectivity index (χ4v) is 6.02. The second-order valence-electron chi connectivity index (χ2n) is 12.9. The minimum Gasteiger partial charge on any atom is -0.481 e. The van der Waals surface area contributed by atoms with Crippen LogP contribution in [0.2, 0.25) is 18.1 Å². The van der Waals surface area contributed by atoms with Gasteiger partial charge in [-0.3, -0.25) is 4.79 Å². The molecule has 3 rings (SSSR count). The lowest BCUT2D eigenvalue weighted by molar-refractivity contribution is -0.142. The molecule has 0 bridgehead atoms. The van der Waals surface area contributed by atoms with Crippen LogP contribution in [-0.4, -0.2) is 44.2 Å². The van der Waals surface area contributed by atoms with Gasteiger partial charge in [0.05, 0.1) is 24.7 Å². The van der Waals surface area contributed by atoms with Crippen molar-refractivity contribution in [1.82, 2.24) is 5.32 Å². The first-order valence-corrected chi connectivity index (χ1v) is 18.5. The van der Waals surface area contributed by atoms with Crippen molar-refractivity contribution in [3.63, 3.8) is 0 Å². The molecule has 0 heterocycles. The first-order valence-electron chi connectivity index (χ1n) is 15.6. The lowest BCUT2D eigenvalue weighted by Crippen LogP contribution is -2.53. The van der Waals surface area contributed by atoms with E-state index < -0.39 is 38.4 Å². The largest absolute Gasteiger partial charge is 0.481 e. The summed E-state index contributed by atoms with van der Waals surface area (Å²) in [5, 5.41) is 13.4. The number of carbonyl (C=O) groups is 2. The summed E-state index contributed by atoms with van der Waals surface area (Å²) in [6, 6.07) is 26.5. The minimum absolute atomic E-state index is 0.114. The number of ether oxygens (including phenoxy) is 2. The van der Waals surface area contributed by atoms with E-state index in [2.05, 4.69) is 39.2 Å². The van der Waals surface area contributed by atoms with Gasteiger partial charge in [-0.15, -0.1) is 0 Å². The molecule has 0 aromatic heterocycles. The normalized spacial score (nSPS) is 13.9. The number of nitrogens with one attached hydrogen (secondary N) is 1. The Kier molecular flexibility index (Phi) is 13.0. The van der Waals surface area contributed by atoms with Crippen molar-refractivity contribution in [3.05, 3.63) is 96.1 Å². The molecule has 0 spiro atoms. The van der Waals surface area contributed by atoms with Gasteiger partial charge in [0.2, 0.25) is 0 Å². The Morgan fingerprint density at radius 2 is 1.41 bits per heavy atom. The number of hydrogen-bond acceptors (Lipinski definition) is 5. The number of aliphatic carboxylic acids is 1. The number of para-hydroxylation sites is 1. The molecule has 3 aromatic rings. The highest BCUT2D eigenvalue weighted by atomic mass is 28.4. The molecule has 0 saturated heterocycles. The molecule has 0 fully saturated rings. The maximum absolute atomic E-state index is 13.0. The van der Waals surface area contributed by atoms with E-state index in [0.29, 0.717) is 25.2 Å². The lowest BCUT2D eigenvalue weighted by Gasteiger charge is -2.42. The summed E-state index contributed by atoms with van der Waals surface area (Å²) in [5.74, 6) is -0.219. The van der Waals surface area contributed by atoms with Crippen LogP contribution in [0.4, 0.5) is 4.79 Å². The molecule has 3 aromatic carbocycles. The van der Waals surface area contributed by atoms with Gasteiger partial charge >= 0.3 is 12.1 Å². The summed E-state index contributed by atoms with van der Waals surface area (Å²) in [4.78, 5) is 25.7. The van der Waals surface area contributed by atoms with Crippen LogP contribution in [0.1, 0.15) is 58.1 Å². The first kappa shape index (κ1) is 34.9. The van der Waals surface area contributed by atoms with Gasteiger partial charge in [0.15, 0.2) is 8.32 Å². The van der Waals surface area contributed by atoms with Gasteiger partial charge in [-0.25, -0.2) is 4.79 Å². The van der Waals surface area contributed by atoms with E-state index >= 15 is 0 Å². The molecule has 8 heteroatoms. The second kappa shape index (κ2) is 16.4. The van der Waals surface area contributed by atoms with E-state index in [1.54, 1.807) is 0 Å². The van der Waals surface area contributed by atoms with E-state index in [1.165, 1.54) is 0 Å². The molecule has 1 amide bonds. The molecule has 0 aliphatic heterocycles. The Labute approximate surface area is 264 Å². The van der Waals surface area contributed by atoms with Crippen molar-refractivity contribution in [2.24, 2.45) is 5.92 Å². The van der Waals surface area contributed by atoms with Crippen molar-refractivity contribution in [3.8, 4) is 11.5 Å². The Balaban J connectivity index is 1.88. The third-order valence-corrected chi connectivity index (χ3v) is 12.8. The molecule has 44 heavy (non-hydrogen) atoms. The highest BCUT2D eigenvalue weighted by Gasteiger charge is 2.42. The fourth-order valence-electron chi connectivity index (χ4n) is 4.65. The van der Waals surface area contributed by atoms with Crippen LogP contribution >= 0.6 is 0 Å². The van der Waals surface area contributed by atoms with E-state index in [-0.39, 0.29) is 11.5 Å². The molecule has 238 valence electrons. The van der Waals surface area contributed by atoms with E-state index in [1.807, 2.05) is 91.9 Å². The summed E-state index contributed by atoms with van der Waals surface area (Å²) >= 11 is 0. The summed E-state index contributed by atoms with van der Waals surface area (Å²) in [6.07, 6.45) is 1.67. The Hall–Kier alpha value is -3.62. The molecule has 0 aliphatic rings. The van der Waals surface area contributed by atoms with Gasteiger partial charge in [-0.05, 0) is 79.2 Å². The zero-order valence-corrected chi connectivity index (χ0v) is 28.0. The monoisotopic (exact) mass is 619 g/mol. The molecule has 0 radical (unpaired) electrons. The van der Waals surface area contributed by atoms with Crippen molar-refractivity contribution in [2.45, 2.75) is 90.1 Å². The summed E-state index contributed by atoms with van der Waals surface area (Å²) < 4.78 is 18.3. The Bertz CT molecular complexity index is 1290. The van der Waals surface area contributed by atoms with Crippen LogP contribution in [0, 0.1) is 5.92 Å². The van der Waals surface area contributed by atoms with Crippen LogP contribution in [0.3, 0.4) is 0 Å². The maximum Gasteiger partial charge on any atom is 0.407 e. The second-order valence-corrected chi connectivity index (χ2v) is 17.6. The zero-order valence-electron chi connectivity index (χ0n) is 27.0. The number of carbonyl (C=O) groups excluding carboxylic acids is 1. The minimum atomic E-state index is -2.37. The molecule has 0 aliphatic carbocycles. The predicted octanol–water partition coefficient (Wildman–Crippen LogP) is 8.64. The van der Waals surface area contributed by atoms with Crippen molar-refractivity contribution < 1.29 is 28.6 Å². The highest BCUT2D eigenvalue weighted by Crippen LogP contribution is 2.39. The highest BCUT2D eigenvalue weighted by molar-refractivity contribution is 6.74. The van der Waals surface area contributed by atoms with Crippen LogP contribution in [0.15, 0.2) is 84.9 Å². The third kappa shape index (κ3) is 11.1. The number of benzene rings is 3. The van der Waals surface area contributed by atoms with Crippen molar-refractivity contribution in [1.29, 1.82) is 0 Å². The average Bonchev–Trinajstić information content (AvgIpc) is 2.97. The molecule has 3 unspecified atom stereocenters. The van der Waals surface area contributed by atoms with Crippen molar-refractivity contribution in [2.75, 3.05) is 6.61 Å². The van der Waals surface area contributed by atoms with E-state index in [9.17, 15) is 14.7 Å². The van der Waals surface area contributed by atoms with Crippen LogP contribution < -0.4 is 10.1 Å². The Morgan fingerprint density at radius 3 is 1.98 bits per heavy atom. The van der Waals surface area contributed by atoms with Gasteiger partial charge in [-0.2, -0.15) is 0 Å². The molecule has 7 nitrogen and oxygen atoms in total. The first-order chi connectivity index (χ1) is 20.9. The average molecular weight is 620 g/mol. The zero-order chi connectivity index (χ0) is 32.2. The smallest absolute Gasteiger partial charge is 0.407 e. The van der Waals surface area contributed by atoms with Gasteiger partial charge < -0.3 is 24.3 Å². The predicted molar refractivity (Wildman–Crippen MR) is 178 cm³/mol. The number of unbranched alkanes of at least 4 members (excludes halogenated alkanes) is 1. The molecular formula is C36H49NO6Si. The number of alkyl carbamates (subject to hydrolysis) is 1. The SMILES string of the molecule is CCCCOC(=O)NC(Cc1ccccc1)C(CC(Cc1ccc(Oc2ccccc2)cc1)C(=O)O)O[Si](C)(C)C(C)(C)C. The van der Waals surface area contributed by atoms with Gasteiger partial charge in [0.25, 0.3) is 0 Å². The third-order valence-electron chi connectivity index (χ3n) is 8.28. The van der Waals surface area contributed by atoms with E-state index in [4.69, 9.17) is 13.9 Å². The number of carboxylic acid groups (broad SMARTS) is 1. The number of amides is 1. The van der Waals surface area contributed by atoms with Crippen LogP contribution in [0.25, 0.3) is 0 Å².